The first-order chi connectivity index (χ1) is 10.0. The molecule has 0 fully saturated rings. The van der Waals surface area contributed by atoms with Gasteiger partial charge in [-0.25, -0.2) is 0 Å². The maximum atomic E-state index is 12.2. The molecule has 0 saturated carbocycles. The van der Waals surface area contributed by atoms with Crippen LogP contribution in [0.4, 0.5) is 0 Å². The molecule has 1 rings (SSSR count). The minimum Gasteiger partial charge on any atom is -0.493 e. The van der Waals surface area contributed by atoms with Crippen molar-refractivity contribution in [2.24, 2.45) is 5.92 Å². The lowest BCUT2D eigenvalue weighted by Crippen LogP contribution is -2.39. The average molecular weight is 306 g/mol. The van der Waals surface area contributed by atoms with E-state index in [1.165, 1.54) is 0 Å². The van der Waals surface area contributed by atoms with Crippen molar-refractivity contribution in [2.75, 3.05) is 13.2 Å². The standard InChI is InChI=1S/C16H22N2O2S/c1-4-10-17-16(21)18-15(19)13-7-5-6-8-14(13)20-11-9-12(2)3/h4-8,12H,1,9-11H2,2-3H3,(H2,17,18,19,21). The van der Waals surface area contributed by atoms with Crippen LogP contribution >= 0.6 is 12.2 Å². The molecular weight excluding hydrogens is 284 g/mol. The number of thiocarbonyl (C=S) groups is 1. The van der Waals surface area contributed by atoms with Crippen molar-refractivity contribution in [3.8, 4) is 5.75 Å². The molecule has 2 N–H and O–H groups in total. The molecule has 114 valence electrons. The molecule has 0 spiro atoms. The van der Waals surface area contributed by atoms with E-state index in [-0.39, 0.29) is 11.0 Å². The average Bonchev–Trinajstić information content (AvgIpc) is 2.45. The third-order valence-corrected chi connectivity index (χ3v) is 2.96. The molecule has 1 aromatic rings. The van der Waals surface area contributed by atoms with E-state index in [0.29, 0.717) is 30.4 Å². The van der Waals surface area contributed by atoms with Gasteiger partial charge in [0.1, 0.15) is 5.75 Å². The zero-order valence-corrected chi connectivity index (χ0v) is 13.3. The van der Waals surface area contributed by atoms with Gasteiger partial charge in [-0.05, 0) is 36.7 Å². The van der Waals surface area contributed by atoms with Crippen LogP contribution in [-0.2, 0) is 0 Å². The summed E-state index contributed by atoms with van der Waals surface area (Å²) >= 11 is 5.03. The van der Waals surface area contributed by atoms with E-state index in [1.807, 2.05) is 6.07 Å². The second-order valence-electron chi connectivity index (χ2n) is 4.98. The molecule has 0 bridgehead atoms. The highest BCUT2D eigenvalue weighted by Gasteiger charge is 2.13. The van der Waals surface area contributed by atoms with Crippen molar-refractivity contribution in [3.05, 3.63) is 42.5 Å². The zero-order valence-electron chi connectivity index (χ0n) is 12.5. The number of carbonyl (C=O) groups is 1. The number of para-hydroxylation sites is 1. The molecule has 1 amide bonds. The third-order valence-electron chi connectivity index (χ3n) is 2.72. The maximum Gasteiger partial charge on any atom is 0.261 e. The lowest BCUT2D eigenvalue weighted by Gasteiger charge is -2.13. The van der Waals surface area contributed by atoms with Crippen LogP contribution in [0.3, 0.4) is 0 Å². The Morgan fingerprint density at radius 2 is 2.14 bits per heavy atom. The highest BCUT2D eigenvalue weighted by Crippen LogP contribution is 2.18. The number of benzene rings is 1. The number of hydrogen-bond donors (Lipinski definition) is 2. The Labute approximate surface area is 131 Å². The quantitative estimate of drug-likeness (QED) is 0.601. The first-order valence-electron chi connectivity index (χ1n) is 6.96. The minimum atomic E-state index is -0.281. The highest BCUT2D eigenvalue weighted by molar-refractivity contribution is 7.80. The van der Waals surface area contributed by atoms with Gasteiger partial charge in [-0.1, -0.05) is 32.1 Å². The minimum absolute atomic E-state index is 0.275. The van der Waals surface area contributed by atoms with Crippen LogP contribution in [0, 0.1) is 5.92 Å². The highest BCUT2D eigenvalue weighted by atomic mass is 32.1. The third kappa shape index (κ3) is 6.40. The van der Waals surface area contributed by atoms with Crippen molar-refractivity contribution in [2.45, 2.75) is 20.3 Å². The summed E-state index contributed by atoms with van der Waals surface area (Å²) in [5.74, 6) is 0.848. The van der Waals surface area contributed by atoms with Crippen molar-refractivity contribution < 1.29 is 9.53 Å². The number of hydrogen-bond acceptors (Lipinski definition) is 3. The number of rotatable bonds is 7. The van der Waals surface area contributed by atoms with Crippen LogP contribution in [0.1, 0.15) is 30.6 Å². The van der Waals surface area contributed by atoms with Gasteiger partial charge >= 0.3 is 0 Å². The van der Waals surface area contributed by atoms with E-state index >= 15 is 0 Å². The number of nitrogens with one attached hydrogen (secondary N) is 2. The predicted molar refractivity (Wildman–Crippen MR) is 89.7 cm³/mol. The van der Waals surface area contributed by atoms with E-state index in [2.05, 4.69) is 31.1 Å². The fourth-order valence-electron chi connectivity index (χ4n) is 1.56. The van der Waals surface area contributed by atoms with Crippen LogP contribution in [0.25, 0.3) is 0 Å². The van der Waals surface area contributed by atoms with Gasteiger partial charge in [-0.2, -0.15) is 0 Å². The molecule has 0 aliphatic heterocycles. The molecule has 0 unspecified atom stereocenters. The van der Waals surface area contributed by atoms with Crippen LogP contribution < -0.4 is 15.4 Å². The topological polar surface area (TPSA) is 50.4 Å². The molecule has 0 aliphatic rings. The van der Waals surface area contributed by atoms with Crippen molar-refractivity contribution in [1.29, 1.82) is 0 Å². The van der Waals surface area contributed by atoms with Crippen LogP contribution in [-0.4, -0.2) is 24.2 Å². The Bertz CT molecular complexity index is 501. The maximum absolute atomic E-state index is 12.2. The number of amides is 1. The molecule has 0 heterocycles. The first-order valence-corrected chi connectivity index (χ1v) is 7.37. The Kier molecular flexibility index (Phi) is 7.46. The summed E-state index contributed by atoms with van der Waals surface area (Å²) < 4.78 is 5.69. The lowest BCUT2D eigenvalue weighted by atomic mass is 10.1. The van der Waals surface area contributed by atoms with Gasteiger partial charge in [0.2, 0.25) is 0 Å². The van der Waals surface area contributed by atoms with Gasteiger partial charge in [0, 0.05) is 6.54 Å². The molecule has 4 nitrogen and oxygen atoms in total. The second-order valence-corrected chi connectivity index (χ2v) is 5.39. The summed E-state index contributed by atoms with van der Waals surface area (Å²) in [4.78, 5) is 12.2. The summed E-state index contributed by atoms with van der Waals surface area (Å²) in [6, 6.07) is 7.14. The van der Waals surface area contributed by atoms with E-state index in [1.54, 1.807) is 24.3 Å². The predicted octanol–water partition coefficient (Wildman–Crippen LogP) is 2.90. The number of ether oxygens (including phenoxy) is 1. The first kappa shape index (κ1) is 17.2. The van der Waals surface area contributed by atoms with Gasteiger partial charge in [0.15, 0.2) is 5.11 Å². The summed E-state index contributed by atoms with van der Waals surface area (Å²) in [5.41, 5.74) is 0.476. The fourth-order valence-corrected chi connectivity index (χ4v) is 1.74. The van der Waals surface area contributed by atoms with Crippen molar-refractivity contribution in [1.82, 2.24) is 10.6 Å². The summed E-state index contributed by atoms with van der Waals surface area (Å²) in [5, 5.41) is 5.75. The van der Waals surface area contributed by atoms with Gasteiger partial charge in [0.25, 0.3) is 5.91 Å². The van der Waals surface area contributed by atoms with Crippen LogP contribution in [0.5, 0.6) is 5.75 Å². The molecule has 0 atom stereocenters. The molecule has 1 aromatic carbocycles. The van der Waals surface area contributed by atoms with Gasteiger partial charge in [-0.3, -0.25) is 10.1 Å². The smallest absolute Gasteiger partial charge is 0.261 e. The normalized spacial score (nSPS) is 10.0. The van der Waals surface area contributed by atoms with E-state index in [0.717, 1.165) is 6.42 Å². The zero-order chi connectivity index (χ0) is 15.7. The summed E-state index contributed by atoms with van der Waals surface area (Å²) in [7, 11) is 0. The van der Waals surface area contributed by atoms with Gasteiger partial charge in [0.05, 0.1) is 12.2 Å². The van der Waals surface area contributed by atoms with Crippen LogP contribution in [0.2, 0.25) is 0 Å². The van der Waals surface area contributed by atoms with E-state index < -0.39 is 0 Å². The van der Waals surface area contributed by atoms with E-state index in [9.17, 15) is 4.79 Å². The fraction of sp³-hybridized carbons (Fsp3) is 0.375. The molecule has 0 saturated heterocycles. The molecule has 21 heavy (non-hydrogen) atoms. The molecule has 5 heteroatoms. The van der Waals surface area contributed by atoms with Gasteiger partial charge < -0.3 is 10.1 Å². The monoisotopic (exact) mass is 306 g/mol. The lowest BCUT2D eigenvalue weighted by molar-refractivity contribution is 0.0972. The van der Waals surface area contributed by atoms with Crippen LogP contribution in [0.15, 0.2) is 36.9 Å². The Balaban J connectivity index is 2.66. The van der Waals surface area contributed by atoms with Crippen molar-refractivity contribution >= 4 is 23.2 Å². The Morgan fingerprint density at radius 1 is 1.43 bits per heavy atom. The Hall–Kier alpha value is -1.88. The summed E-state index contributed by atoms with van der Waals surface area (Å²) in [6.45, 7) is 8.93. The summed E-state index contributed by atoms with van der Waals surface area (Å²) in [6.07, 6.45) is 2.61. The number of carbonyl (C=O) groups excluding carboxylic acids is 1. The SMILES string of the molecule is C=CCNC(=S)NC(=O)c1ccccc1OCCC(C)C. The molecular formula is C16H22N2O2S. The van der Waals surface area contributed by atoms with E-state index in [4.69, 9.17) is 17.0 Å². The molecule has 0 aromatic heterocycles. The Morgan fingerprint density at radius 3 is 2.81 bits per heavy atom. The molecule has 0 aliphatic carbocycles. The van der Waals surface area contributed by atoms with Crippen molar-refractivity contribution in [3.63, 3.8) is 0 Å². The largest absolute Gasteiger partial charge is 0.493 e. The molecule has 0 radical (unpaired) electrons. The van der Waals surface area contributed by atoms with Gasteiger partial charge in [-0.15, -0.1) is 6.58 Å². The second kappa shape index (κ2) is 9.13.